The van der Waals surface area contributed by atoms with E-state index in [0.29, 0.717) is 5.56 Å². The van der Waals surface area contributed by atoms with Crippen LogP contribution in [0.2, 0.25) is 0 Å². The SMILES string of the molecule is C[C@@H](N)c1cc(Br)ccc1F. The van der Waals surface area contributed by atoms with Gasteiger partial charge in [0.05, 0.1) is 0 Å². The first kappa shape index (κ1) is 8.68. The van der Waals surface area contributed by atoms with E-state index < -0.39 is 0 Å². The fourth-order valence-corrected chi connectivity index (χ4v) is 1.24. The molecule has 0 radical (unpaired) electrons. The molecule has 0 heterocycles. The predicted octanol–water partition coefficient (Wildman–Crippen LogP) is 2.61. The van der Waals surface area contributed by atoms with Crippen LogP contribution in [0.25, 0.3) is 0 Å². The summed E-state index contributed by atoms with van der Waals surface area (Å²) in [6, 6.07) is 4.50. The third-order valence-corrected chi connectivity index (χ3v) is 1.94. The molecule has 0 aliphatic carbocycles. The molecular weight excluding hydrogens is 209 g/mol. The molecule has 0 aromatic heterocycles. The van der Waals surface area contributed by atoms with Gasteiger partial charge < -0.3 is 5.73 Å². The van der Waals surface area contributed by atoms with Crippen LogP contribution in [0.5, 0.6) is 0 Å². The first-order chi connectivity index (χ1) is 5.11. The summed E-state index contributed by atoms with van der Waals surface area (Å²) in [5.74, 6) is -0.247. The number of halogens is 2. The minimum absolute atomic E-state index is 0.247. The first-order valence-corrected chi connectivity index (χ1v) is 4.11. The molecule has 11 heavy (non-hydrogen) atoms. The van der Waals surface area contributed by atoms with Crippen LogP contribution in [0.3, 0.4) is 0 Å². The van der Waals surface area contributed by atoms with Crippen molar-refractivity contribution in [1.82, 2.24) is 0 Å². The van der Waals surface area contributed by atoms with E-state index in [1.165, 1.54) is 6.07 Å². The molecule has 2 N–H and O–H groups in total. The second-order valence-electron chi connectivity index (χ2n) is 2.45. The molecule has 60 valence electrons. The lowest BCUT2D eigenvalue weighted by atomic mass is 10.1. The number of nitrogens with two attached hydrogens (primary N) is 1. The topological polar surface area (TPSA) is 26.0 Å². The monoisotopic (exact) mass is 217 g/mol. The Labute approximate surface area is 73.5 Å². The summed E-state index contributed by atoms with van der Waals surface area (Å²) in [6.45, 7) is 1.75. The Morgan fingerprint density at radius 3 is 2.64 bits per heavy atom. The Hall–Kier alpha value is -0.410. The van der Waals surface area contributed by atoms with Gasteiger partial charge in [0.15, 0.2) is 0 Å². The van der Waals surface area contributed by atoms with Crippen molar-refractivity contribution < 1.29 is 4.39 Å². The summed E-state index contributed by atoms with van der Waals surface area (Å²) < 4.78 is 13.8. The summed E-state index contributed by atoms with van der Waals surface area (Å²) in [5.41, 5.74) is 6.06. The maximum absolute atomic E-state index is 12.9. The lowest BCUT2D eigenvalue weighted by Crippen LogP contribution is -2.07. The largest absolute Gasteiger partial charge is 0.324 e. The van der Waals surface area contributed by atoms with Gasteiger partial charge in [0, 0.05) is 16.1 Å². The van der Waals surface area contributed by atoms with Crippen LogP contribution < -0.4 is 5.73 Å². The smallest absolute Gasteiger partial charge is 0.128 e. The Morgan fingerprint density at radius 2 is 2.18 bits per heavy atom. The van der Waals surface area contributed by atoms with Gasteiger partial charge in [-0.2, -0.15) is 0 Å². The van der Waals surface area contributed by atoms with Crippen molar-refractivity contribution in [2.24, 2.45) is 5.73 Å². The van der Waals surface area contributed by atoms with Gasteiger partial charge in [0.2, 0.25) is 0 Å². The zero-order valence-corrected chi connectivity index (χ0v) is 7.73. The Kier molecular flexibility index (Phi) is 2.62. The lowest BCUT2D eigenvalue weighted by molar-refractivity contribution is 0.593. The highest BCUT2D eigenvalue weighted by Gasteiger charge is 2.05. The van der Waals surface area contributed by atoms with Gasteiger partial charge in [0.25, 0.3) is 0 Å². The van der Waals surface area contributed by atoms with Crippen molar-refractivity contribution in [3.05, 3.63) is 34.1 Å². The summed E-state index contributed by atoms with van der Waals surface area (Å²) in [6.07, 6.45) is 0. The quantitative estimate of drug-likeness (QED) is 0.770. The minimum Gasteiger partial charge on any atom is -0.324 e. The van der Waals surface area contributed by atoms with E-state index in [9.17, 15) is 4.39 Å². The first-order valence-electron chi connectivity index (χ1n) is 3.32. The lowest BCUT2D eigenvalue weighted by Gasteiger charge is -2.06. The molecule has 1 atom stereocenters. The molecular formula is C8H9BrFN. The summed E-state index contributed by atoms with van der Waals surface area (Å²) in [7, 11) is 0. The van der Waals surface area contributed by atoms with Gasteiger partial charge >= 0.3 is 0 Å². The van der Waals surface area contributed by atoms with Crippen molar-refractivity contribution in [2.45, 2.75) is 13.0 Å². The van der Waals surface area contributed by atoms with Crippen LogP contribution in [0, 0.1) is 5.82 Å². The number of rotatable bonds is 1. The molecule has 1 rings (SSSR count). The molecule has 0 saturated carbocycles. The van der Waals surface area contributed by atoms with E-state index in [1.54, 1.807) is 19.1 Å². The fraction of sp³-hybridized carbons (Fsp3) is 0.250. The minimum atomic E-state index is -0.257. The van der Waals surface area contributed by atoms with Gasteiger partial charge in [-0.05, 0) is 25.1 Å². The van der Waals surface area contributed by atoms with Gasteiger partial charge in [-0.15, -0.1) is 0 Å². The molecule has 3 heteroatoms. The zero-order chi connectivity index (χ0) is 8.43. The van der Waals surface area contributed by atoms with Gasteiger partial charge in [-0.1, -0.05) is 15.9 Å². The van der Waals surface area contributed by atoms with Crippen LogP contribution in [-0.2, 0) is 0 Å². The van der Waals surface area contributed by atoms with E-state index in [4.69, 9.17) is 5.73 Å². The molecule has 0 aliphatic heterocycles. The summed E-state index contributed by atoms with van der Waals surface area (Å²) >= 11 is 3.24. The third kappa shape index (κ3) is 2.01. The van der Waals surface area contributed by atoms with Crippen molar-refractivity contribution in [2.75, 3.05) is 0 Å². The molecule has 0 spiro atoms. The highest BCUT2D eigenvalue weighted by atomic mass is 79.9. The van der Waals surface area contributed by atoms with Crippen LogP contribution in [0.15, 0.2) is 22.7 Å². The molecule has 0 fully saturated rings. The Morgan fingerprint density at radius 1 is 1.55 bits per heavy atom. The van der Waals surface area contributed by atoms with Gasteiger partial charge in [-0.3, -0.25) is 0 Å². The standard InChI is InChI=1S/C8H9BrFN/c1-5(11)7-4-6(9)2-3-8(7)10/h2-5H,11H2,1H3/t5-/m1/s1. The zero-order valence-electron chi connectivity index (χ0n) is 6.14. The van der Waals surface area contributed by atoms with Crippen molar-refractivity contribution in [1.29, 1.82) is 0 Å². The van der Waals surface area contributed by atoms with Crippen LogP contribution in [0.4, 0.5) is 4.39 Å². The summed E-state index contributed by atoms with van der Waals surface area (Å²) in [5, 5.41) is 0. The van der Waals surface area contributed by atoms with Crippen molar-refractivity contribution >= 4 is 15.9 Å². The molecule has 1 aromatic carbocycles. The number of hydrogen-bond acceptors (Lipinski definition) is 1. The van der Waals surface area contributed by atoms with E-state index in [0.717, 1.165) is 4.47 Å². The molecule has 1 aromatic rings. The molecule has 0 unspecified atom stereocenters. The molecule has 0 aliphatic rings. The average Bonchev–Trinajstić information content (AvgIpc) is 1.94. The summed E-state index contributed by atoms with van der Waals surface area (Å²) in [4.78, 5) is 0. The Bertz CT molecular complexity index is 260. The van der Waals surface area contributed by atoms with Crippen molar-refractivity contribution in [3.63, 3.8) is 0 Å². The maximum atomic E-state index is 12.9. The van der Waals surface area contributed by atoms with E-state index in [-0.39, 0.29) is 11.9 Å². The van der Waals surface area contributed by atoms with Crippen LogP contribution in [0.1, 0.15) is 18.5 Å². The average molecular weight is 218 g/mol. The van der Waals surface area contributed by atoms with Crippen LogP contribution in [-0.4, -0.2) is 0 Å². The number of hydrogen-bond donors (Lipinski definition) is 1. The molecule has 0 amide bonds. The molecule has 0 saturated heterocycles. The normalized spacial score (nSPS) is 13.1. The molecule has 0 bridgehead atoms. The van der Waals surface area contributed by atoms with Gasteiger partial charge in [0.1, 0.15) is 5.82 Å². The van der Waals surface area contributed by atoms with E-state index >= 15 is 0 Å². The highest BCUT2D eigenvalue weighted by Crippen LogP contribution is 2.19. The fourth-order valence-electron chi connectivity index (χ4n) is 0.864. The number of benzene rings is 1. The van der Waals surface area contributed by atoms with Gasteiger partial charge in [-0.25, -0.2) is 4.39 Å². The second-order valence-corrected chi connectivity index (χ2v) is 3.37. The Balaban J connectivity index is 3.13. The maximum Gasteiger partial charge on any atom is 0.128 e. The van der Waals surface area contributed by atoms with Crippen LogP contribution >= 0.6 is 15.9 Å². The van der Waals surface area contributed by atoms with Crippen molar-refractivity contribution in [3.8, 4) is 0 Å². The highest BCUT2D eigenvalue weighted by molar-refractivity contribution is 9.10. The van der Waals surface area contributed by atoms with E-state index in [2.05, 4.69) is 15.9 Å². The third-order valence-electron chi connectivity index (χ3n) is 1.45. The predicted molar refractivity (Wildman–Crippen MR) is 46.7 cm³/mol. The van der Waals surface area contributed by atoms with E-state index in [1.807, 2.05) is 0 Å². The molecule has 1 nitrogen and oxygen atoms in total. The second kappa shape index (κ2) is 3.32.